The van der Waals surface area contributed by atoms with E-state index in [1.165, 1.54) is 11.8 Å². The van der Waals surface area contributed by atoms with Crippen LogP contribution in [-0.2, 0) is 0 Å². The largest absolute Gasteiger partial charge is 0.411 e. The fourth-order valence-corrected chi connectivity index (χ4v) is 2.31. The number of thioether (sulfide) groups is 1. The van der Waals surface area contributed by atoms with Gasteiger partial charge >= 0.3 is 0 Å². The van der Waals surface area contributed by atoms with Gasteiger partial charge < -0.3 is 9.73 Å². The molecular weight excluding hydrogens is 272 g/mol. The number of nitrogens with one attached hydrogen (secondary N) is 1. The van der Waals surface area contributed by atoms with E-state index >= 15 is 0 Å². The Balaban J connectivity index is 1.64. The molecule has 0 radical (unpaired) electrons. The van der Waals surface area contributed by atoms with Gasteiger partial charge in [-0.2, -0.15) is 0 Å². The molecule has 0 atom stereocenters. The smallest absolute Gasteiger partial charge is 0.277 e. The quantitative estimate of drug-likeness (QED) is 0.871. The van der Waals surface area contributed by atoms with E-state index in [2.05, 4.69) is 27.1 Å². The van der Waals surface area contributed by atoms with E-state index in [1.54, 1.807) is 12.4 Å². The van der Waals surface area contributed by atoms with Crippen molar-refractivity contribution in [3.8, 4) is 11.5 Å². The Labute approximate surface area is 120 Å². The fraction of sp³-hybridized carbons (Fsp3) is 0.0714. The van der Waals surface area contributed by atoms with E-state index in [9.17, 15) is 0 Å². The summed E-state index contributed by atoms with van der Waals surface area (Å²) in [6.07, 6.45) is 9.28. The van der Waals surface area contributed by atoms with E-state index in [1.807, 2.05) is 30.5 Å². The second-order valence-electron chi connectivity index (χ2n) is 4.12. The summed E-state index contributed by atoms with van der Waals surface area (Å²) in [6.45, 7) is 3.81. The zero-order valence-electron chi connectivity index (χ0n) is 10.6. The fourth-order valence-electron chi connectivity index (χ4n) is 1.60. The summed E-state index contributed by atoms with van der Waals surface area (Å²) < 4.78 is 5.61. The first-order chi connectivity index (χ1) is 9.81. The lowest BCUT2D eigenvalue weighted by Crippen LogP contribution is -2.07. The molecule has 0 saturated heterocycles. The number of rotatable bonds is 4. The monoisotopic (exact) mass is 284 g/mol. The average Bonchev–Trinajstić information content (AvgIpc) is 2.97. The van der Waals surface area contributed by atoms with Gasteiger partial charge in [0.05, 0.1) is 0 Å². The normalized spacial score (nSPS) is 14.0. The van der Waals surface area contributed by atoms with Crippen molar-refractivity contribution in [2.45, 2.75) is 5.22 Å². The number of hydrogen-bond donors (Lipinski definition) is 1. The van der Waals surface area contributed by atoms with Gasteiger partial charge in [0.1, 0.15) is 0 Å². The topological polar surface area (TPSA) is 63.8 Å². The predicted molar refractivity (Wildman–Crippen MR) is 77.8 cm³/mol. The van der Waals surface area contributed by atoms with Gasteiger partial charge in [0, 0.05) is 35.6 Å². The molecule has 0 fully saturated rings. The molecule has 5 nitrogen and oxygen atoms in total. The second-order valence-corrected chi connectivity index (χ2v) is 5.05. The van der Waals surface area contributed by atoms with E-state index in [0.717, 1.165) is 22.6 Å². The highest BCUT2D eigenvalue weighted by Gasteiger charge is 2.09. The minimum Gasteiger partial charge on any atom is -0.411 e. The maximum absolute atomic E-state index is 5.61. The van der Waals surface area contributed by atoms with Gasteiger partial charge in [0.15, 0.2) is 0 Å². The Hall–Kier alpha value is -2.34. The van der Waals surface area contributed by atoms with Crippen molar-refractivity contribution in [3.63, 3.8) is 0 Å². The van der Waals surface area contributed by atoms with Crippen LogP contribution in [0.25, 0.3) is 11.5 Å². The van der Waals surface area contributed by atoms with E-state index in [4.69, 9.17) is 4.42 Å². The Morgan fingerprint density at radius 3 is 2.80 bits per heavy atom. The van der Waals surface area contributed by atoms with Crippen LogP contribution in [0.5, 0.6) is 0 Å². The number of aromatic nitrogens is 3. The molecule has 1 N–H and O–H groups in total. The van der Waals surface area contributed by atoms with Crippen molar-refractivity contribution in [1.29, 1.82) is 0 Å². The summed E-state index contributed by atoms with van der Waals surface area (Å²) in [5.74, 6) is 1.27. The van der Waals surface area contributed by atoms with Crippen molar-refractivity contribution in [1.82, 2.24) is 20.5 Å². The molecule has 6 heteroatoms. The van der Waals surface area contributed by atoms with Gasteiger partial charge in [-0.3, -0.25) is 4.98 Å². The standard InChI is InChI=1S/C14H12N4OS/c1-10-2-3-11(8-16-10)9-20-14-18-17-13(19-14)12-4-6-15-7-5-12/h2-8,16H,1,9H2. The summed E-state index contributed by atoms with van der Waals surface area (Å²) in [7, 11) is 0. The Morgan fingerprint density at radius 1 is 1.20 bits per heavy atom. The third-order valence-corrected chi connectivity index (χ3v) is 3.53. The number of pyridine rings is 1. The minimum atomic E-state index is 0.509. The summed E-state index contributed by atoms with van der Waals surface area (Å²) >= 11 is 1.50. The van der Waals surface area contributed by atoms with Crippen molar-refractivity contribution < 1.29 is 4.42 Å². The van der Waals surface area contributed by atoms with Crippen LogP contribution in [0, 0.1) is 0 Å². The first-order valence-corrected chi connectivity index (χ1v) is 6.99. The summed E-state index contributed by atoms with van der Waals surface area (Å²) in [4.78, 5) is 3.96. The lowest BCUT2D eigenvalue weighted by Gasteiger charge is -2.08. The summed E-state index contributed by atoms with van der Waals surface area (Å²) in [6, 6.07) is 3.67. The molecule has 1 aliphatic heterocycles. The Bertz CT molecular complexity index is 675. The molecule has 3 heterocycles. The molecule has 0 unspecified atom stereocenters. The van der Waals surface area contributed by atoms with Crippen LogP contribution in [0.2, 0.25) is 0 Å². The summed E-state index contributed by atoms with van der Waals surface area (Å²) in [5, 5.41) is 11.7. The van der Waals surface area contributed by atoms with Crippen molar-refractivity contribution in [2.24, 2.45) is 0 Å². The number of nitrogens with zero attached hydrogens (tertiary/aromatic N) is 3. The van der Waals surface area contributed by atoms with Gasteiger partial charge in [-0.15, -0.1) is 10.2 Å². The minimum absolute atomic E-state index is 0.509. The van der Waals surface area contributed by atoms with E-state index < -0.39 is 0 Å². The van der Waals surface area contributed by atoms with Gasteiger partial charge in [0.2, 0.25) is 5.89 Å². The maximum Gasteiger partial charge on any atom is 0.277 e. The molecule has 0 saturated carbocycles. The first-order valence-electron chi connectivity index (χ1n) is 6.00. The average molecular weight is 284 g/mol. The predicted octanol–water partition coefficient (Wildman–Crippen LogP) is 2.78. The maximum atomic E-state index is 5.61. The van der Waals surface area contributed by atoms with Crippen molar-refractivity contribution in [2.75, 3.05) is 5.75 Å². The zero-order chi connectivity index (χ0) is 13.8. The molecule has 0 bridgehead atoms. The van der Waals surface area contributed by atoms with Crippen molar-refractivity contribution in [3.05, 3.63) is 60.7 Å². The van der Waals surface area contributed by atoms with Crippen LogP contribution in [0.3, 0.4) is 0 Å². The molecule has 20 heavy (non-hydrogen) atoms. The highest BCUT2D eigenvalue weighted by molar-refractivity contribution is 7.99. The Morgan fingerprint density at radius 2 is 2.05 bits per heavy atom. The lowest BCUT2D eigenvalue weighted by molar-refractivity contribution is 0.466. The van der Waals surface area contributed by atoms with E-state index in [0.29, 0.717) is 11.1 Å². The van der Waals surface area contributed by atoms with Gasteiger partial charge in [-0.05, 0) is 23.8 Å². The van der Waals surface area contributed by atoms with Crippen molar-refractivity contribution >= 4 is 11.8 Å². The van der Waals surface area contributed by atoms with Crippen LogP contribution in [0.4, 0.5) is 0 Å². The molecule has 2 aromatic rings. The van der Waals surface area contributed by atoms with Crippen LogP contribution in [0.1, 0.15) is 0 Å². The highest BCUT2D eigenvalue weighted by atomic mass is 32.2. The van der Waals surface area contributed by atoms with Crippen LogP contribution in [0.15, 0.2) is 70.4 Å². The van der Waals surface area contributed by atoms with Crippen LogP contribution >= 0.6 is 11.8 Å². The Kier molecular flexibility index (Phi) is 3.64. The number of allylic oxidation sites excluding steroid dienone is 2. The van der Waals surface area contributed by atoms with Gasteiger partial charge in [-0.25, -0.2) is 0 Å². The SMILES string of the molecule is C=C1C=CC(CSc2nnc(-c3ccncc3)o2)=CN1. The number of hydrogen-bond acceptors (Lipinski definition) is 6. The lowest BCUT2D eigenvalue weighted by atomic mass is 10.2. The molecule has 0 aliphatic carbocycles. The first kappa shape index (κ1) is 12.7. The molecule has 2 aromatic heterocycles. The molecule has 100 valence electrons. The molecular formula is C14H12N4OS. The molecule has 0 aromatic carbocycles. The zero-order valence-corrected chi connectivity index (χ0v) is 11.4. The number of dihydropyridines is 1. The molecule has 0 spiro atoms. The third kappa shape index (κ3) is 2.97. The molecule has 0 amide bonds. The van der Waals surface area contributed by atoms with Gasteiger partial charge in [-0.1, -0.05) is 24.4 Å². The molecule has 1 aliphatic rings. The van der Waals surface area contributed by atoms with Crippen LogP contribution in [-0.4, -0.2) is 20.9 Å². The van der Waals surface area contributed by atoms with E-state index in [-0.39, 0.29) is 0 Å². The summed E-state index contributed by atoms with van der Waals surface area (Å²) in [5.41, 5.74) is 2.90. The third-order valence-electron chi connectivity index (χ3n) is 2.64. The van der Waals surface area contributed by atoms with Crippen LogP contribution < -0.4 is 5.32 Å². The highest BCUT2D eigenvalue weighted by Crippen LogP contribution is 2.24. The second kappa shape index (κ2) is 5.75. The van der Waals surface area contributed by atoms with Gasteiger partial charge in [0.25, 0.3) is 5.22 Å². The molecule has 3 rings (SSSR count).